The zero-order valence-electron chi connectivity index (χ0n) is 8.40. The van der Waals surface area contributed by atoms with Gasteiger partial charge < -0.3 is 5.32 Å². The van der Waals surface area contributed by atoms with E-state index in [2.05, 4.69) is 20.5 Å². The van der Waals surface area contributed by atoms with Crippen molar-refractivity contribution in [3.05, 3.63) is 0 Å². The van der Waals surface area contributed by atoms with Crippen molar-refractivity contribution in [3.8, 4) is 0 Å². The van der Waals surface area contributed by atoms with Gasteiger partial charge in [0.15, 0.2) is 5.71 Å². The molecule has 0 radical (unpaired) electrons. The molecule has 5 nitrogen and oxygen atoms in total. The quantitative estimate of drug-likeness (QED) is 0.640. The molecule has 1 N–H and O–H groups in total. The van der Waals surface area contributed by atoms with Gasteiger partial charge >= 0.3 is 0 Å². The minimum Gasteiger partial charge on any atom is -0.309 e. The van der Waals surface area contributed by atoms with Crippen molar-refractivity contribution in [1.29, 1.82) is 0 Å². The monoisotopic (exact) mass is 192 g/mol. The Kier molecular flexibility index (Phi) is 1.94. The van der Waals surface area contributed by atoms with E-state index in [1.165, 1.54) is 0 Å². The Bertz CT molecular complexity index is 378. The van der Waals surface area contributed by atoms with Crippen molar-refractivity contribution in [3.63, 3.8) is 0 Å². The second-order valence-corrected chi connectivity index (χ2v) is 3.74. The summed E-state index contributed by atoms with van der Waals surface area (Å²) >= 11 is 0. The Hall–Kier alpha value is -1.52. The van der Waals surface area contributed by atoms with Crippen LogP contribution < -0.4 is 5.32 Å². The molecular formula is C9H12N4O. The van der Waals surface area contributed by atoms with E-state index in [-0.39, 0.29) is 17.9 Å². The first-order chi connectivity index (χ1) is 6.59. The summed E-state index contributed by atoms with van der Waals surface area (Å²) in [5.41, 5.74) is 1.29. The first-order valence-corrected chi connectivity index (χ1v) is 4.60. The van der Waals surface area contributed by atoms with Crippen LogP contribution in [0.3, 0.4) is 0 Å². The zero-order chi connectivity index (χ0) is 10.3. The number of amidine groups is 1. The normalized spacial score (nSPS) is 25.3. The largest absolute Gasteiger partial charge is 0.309 e. The summed E-state index contributed by atoms with van der Waals surface area (Å²) in [6.07, 6.45) is 0. The van der Waals surface area contributed by atoms with E-state index in [1.807, 2.05) is 13.8 Å². The zero-order valence-corrected chi connectivity index (χ0v) is 8.40. The average Bonchev–Trinajstić information content (AvgIpc) is 2.47. The van der Waals surface area contributed by atoms with E-state index in [4.69, 9.17) is 0 Å². The van der Waals surface area contributed by atoms with Crippen molar-refractivity contribution >= 4 is 23.2 Å². The van der Waals surface area contributed by atoms with Crippen LogP contribution >= 0.6 is 0 Å². The summed E-state index contributed by atoms with van der Waals surface area (Å²) in [5.74, 6) is 0.722. The molecule has 0 spiro atoms. The molecule has 1 amide bonds. The van der Waals surface area contributed by atoms with Gasteiger partial charge in [0.05, 0.1) is 5.71 Å². The molecule has 0 aromatic carbocycles. The summed E-state index contributed by atoms with van der Waals surface area (Å²) in [6.45, 7) is 5.81. The minimum atomic E-state index is -0.247. The van der Waals surface area contributed by atoms with Crippen molar-refractivity contribution in [1.82, 2.24) is 5.32 Å². The maximum Gasteiger partial charge on any atom is 0.275 e. The van der Waals surface area contributed by atoms with E-state index in [0.29, 0.717) is 11.5 Å². The molecule has 0 aliphatic carbocycles. The standard InChI is InChI=1S/C9H12N4O/c1-4(2)6-7-8(13-12-6)9(14)11-5(3)10-7/h4,7H,1-3H3,(H,10,11,14). The minimum absolute atomic E-state index is 0.179. The van der Waals surface area contributed by atoms with Gasteiger partial charge in [0.2, 0.25) is 0 Å². The molecule has 2 heterocycles. The van der Waals surface area contributed by atoms with Gasteiger partial charge in [-0.1, -0.05) is 13.8 Å². The third-order valence-corrected chi connectivity index (χ3v) is 2.25. The van der Waals surface area contributed by atoms with E-state index in [0.717, 1.165) is 5.71 Å². The second-order valence-electron chi connectivity index (χ2n) is 3.74. The van der Waals surface area contributed by atoms with Crippen LogP contribution in [0.15, 0.2) is 15.2 Å². The molecule has 14 heavy (non-hydrogen) atoms. The number of aliphatic imine (C=N–C) groups is 1. The van der Waals surface area contributed by atoms with Crippen LogP contribution in [0.4, 0.5) is 0 Å². The highest BCUT2D eigenvalue weighted by Crippen LogP contribution is 2.16. The number of hydrogen-bond donors (Lipinski definition) is 1. The summed E-state index contributed by atoms with van der Waals surface area (Å²) in [5, 5.41) is 10.5. The Morgan fingerprint density at radius 1 is 1.36 bits per heavy atom. The molecule has 1 atom stereocenters. The number of rotatable bonds is 1. The number of amides is 1. The average molecular weight is 192 g/mol. The van der Waals surface area contributed by atoms with Crippen LogP contribution in [0.1, 0.15) is 20.8 Å². The summed E-state index contributed by atoms with van der Waals surface area (Å²) in [4.78, 5) is 15.8. The number of nitrogens with zero attached hydrogens (tertiary/aromatic N) is 3. The topological polar surface area (TPSA) is 66.2 Å². The molecule has 0 fully saturated rings. The van der Waals surface area contributed by atoms with Crippen LogP contribution in [-0.2, 0) is 4.79 Å². The molecule has 74 valence electrons. The third-order valence-electron chi connectivity index (χ3n) is 2.25. The van der Waals surface area contributed by atoms with E-state index < -0.39 is 0 Å². The fourth-order valence-corrected chi connectivity index (χ4v) is 1.54. The van der Waals surface area contributed by atoms with Crippen LogP contribution in [0.25, 0.3) is 0 Å². The maximum absolute atomic E-state index is 11.5. The van der Waals surface area contributed by atoms with Gasteiger partial charge in [0.25, 0.3) is 5.91 Å². The highest BCUT2D eigenvalue weighted by atomic mass is 16.2. The SMILES string of the molecule is CC1=NC2C(=NN=C2C(C)C)C(=O)N1. The Balaban J connectivity index is 2.36. The smallest absolute Gasteiger partial charge is 0.275 e. The van der Waals surface area contributed by atoms with Crippen molar-refractivity contribution in [2.45, 2.75) is 26.8 Å². The summed E-state index contributed by atoms with van der Waals surface area (Å²) in [6, 6.07) is -0.247. The highest BCUT2D eigenvalue weighted by molar-refractivity contribution is 6.49. The lowest BCUT2D eigenvalue weighted by Gasteiger charge is -2.18. The molecule has 0 aromatic rings. The molecule has 0 aromatic heterocycles. The van der Waals surface area contributed by atoms with Crippen LogP contribution in [0, 0.1) is 5.92 Å². The first-order valence-electron chi connectivity index (χ1n) is 4.60. The third kappa shape index (κ3) is 1.25. The van der Waals surface area contributed by atoms with E-state index >= 15 is 0 Å². The number of fused-ring (bicyclic) bond motifs is 1. The molecule has 2 rings (SSSR count). The molecule has 0 saturated carbocycles. The van der Waals surface area contributed by atoms with Gasteiger partial charge in [-0.25, -0.2) is 0 Å². The van der Waals surface area contributed by atoms with Gasteiger partial charge in [-0.2, -0.15) is 5.10 Å². The Morgan fingerprint density at radius 3 is 2.71 bits per heavy atom. The molecule has 5 heteroatoms. The number of hydrogen-bond acceptors (Lipinski definition) is 4. The summed E-state index contributed by atoms with van der Waals surface area (Å²) < 4.78 is 0. The van der Waals surface area contributed by atoms with Crippen molar-refractivity contribution < 1.29 is 4.79 Å². The van der Waals surface area contributed by atoms with Gasteiger partial charge in [-0.3, -0.25) is 9.79 Å². The lowest BCUT2D eigenvalue weighted by molar-refractivity contribution is -0.113. The molecule has 0 bridgehead atoms. The van der Waals surface area contributed by atoms with Gasteiger partial charge in [0, 0.05) is 0 Å². The van der Waals surface area contributed by atoms with E-state index in [1.54, 1.807) is 6.92 Å². The van der Waals surface area contributed by atoms with Gasteiger partial charge in [-0.15, -0.1) is 5.10 Å². The fourth-order valence-electron chi connectivity index (χ4n) is 1.54. The van der Waals surface area contributed by atoms with Crippen molar-refractivity contribution in [2.75, 3.05) is 0 Å². The lowest BCUT2D eigenvalue weighted by atomic mass is 9.97. The first kappa shape index (κ1) is 9.05. The van der Waals surface area contributed by atoms with Crippen LogP contribution in [0.2, 0.25) is 0 Å². The predicted octanol–water partition coefficient (Wildman–Crippen LogP) is 0.370. The molecule has 1 unspecified atom stereocenters. The Morgan fingerprint density at radius 2 is 2.07 bits per heavy atom. The molecule has 0 saturated heterocycles. The van der Waals surface area contributed by atoms with Crippen LogP contribution in [0.5, 0.6) is 0 Å². The maximum atomic E-state index is 11.5. The number of carbonyl (C=O) groups excluding carboxylic acids is 1. The highest BCUT2D eigenvalue weighted by Gasteiger charge is 2.36. The van der Waals surface area contributed by atoms with Gasteiger partial charge in [-0.05, 0) is 12.8 Å². The molecule has 2 aliphatic rings. The van der Waals surface area contributed by atoms with Gasteiger partial charge in [0.1, 0.15) is 11.9 Å². The second kappa shape index (κ2) is 3.01. The van der Waals surface area contributed by atoms with Crippen molar-refractivity contribution in [2.24, 2.45) is 21.1 Å². The summed E-state index contributed by atoms with van der Waals surface area (Å²) in [7, 11) is 0. The van der Waals surface area contributed by atoms with Crippen LogP contribution in [-0.4, -0.2) is 29.2 Å². The Labute approximate surface area is 82.0 Å². The number of nitrogens with one attached hydrogen (secondary N) is 1. The lowest BCUT2D eigenvalue weighted by Crippen LogP contribution is -2.47. The number of carbonyl (C=O) groups is 1. The fraction of sp³-hybridized carbons (Fsp3) is 0.556. The molecule has 2 aliphatic heterocycles. The predicted molar refractivity (Wildman–Crippen MR) is 54.7 cm³/mol. The van der Waals surface area contributed by atoms with E-state index in [9.17, 15) is 4.79 Å². The molecular weight excluding hydrogens is 180 g/mol.